The number of benzene rings is 2. The molecule has 0 spiro atoms. The zero-order valence-corrected chi connectivity index (χ0v) is 23.5. The summed E-state index contributed by atoms with van der Waals surface area (Å²) < 4.78 is 0. The van der Waals surface area contributed by atoms with Crippen molar-refractivity contribution in [2.75, 3.05) is 0 Å². The highest BCUT2D eigenvalue weighted by atomic mass is 28.3. The van der Waals surface area contributed by atoms with Gasteiger partial charge in [0.2, 0.25) is 5.91 Å². The fourth-order valence-corrected chi connectivity index (χ4v) is 11.2. The zero-order valence-electron chi connectivity index (χ0n) is 22.5. The maximum atomic E-state index is 13.2. The lowest BCUT2D eigenvalue weighted by molar-refractivity contribution is -0.121. The van der Waals surface area contributed by atoms with Crippen molar-refractivity contribution in [1.82, 2.24) is 5.32 Å². The highest BCUT2D eigenvalue weighted by molar-refractivity contribution is 6.80. The fraction of sp³-hybridized carbons (Fsp3) is 0.594. The summed E-state index contributed by atoms with van der Waals surface area (Å²) in [6.07, 6.45) is 15.6. The molecule has 3 rings (SSSR count). The van der Waals surface area contributed by atoms with Crippen LogP contribution in [0.25, 0.3) is 0 Å². The molecule has 1 fully saturated rings. The molecule has 2 aromatic carbocycles. The Hall–Kier alpha value is -1.87. The number of aryl methyl sites for hydroxylation is 1. The third-order valence-electron chi connectivity index (χ3n) is 8.20. The molecule has 2 nitrogen and oxygen atoms in total. The van der Waals surface area contributed by atoms with Gasteiger partial charge in [-0.25, -0.2) is 0 Å². The van der Waals surface area contributed by atoms with Crippen LogP contribution < -0.4 is 5.32 Å². The van der Waals surface area contributed by atoms with Crippen LogP contribution in [0.2, 0.25) is 24.2 Å². The Morgan fingerprint density at radius 1 is 0.829 bits per heavy atom. The Bertz CT molecular complexity index is 842. The average Bonchev–Trinajstić information content (AvgIpc) is 3.35. The second-order valence-electron chi connectivity index (χ2n) is 11.2. The maximum Gasteiger partial charge on any atom is 0.220 e. The molecule has 0 bridgehead atoms. The molecule has 0 aromatic heterocycles. The minimum atomic E-state index is -1.25. The number of carbonyl (C=O) groups is 1. The van der Waals surface area contributed by atoms with Gasteiger partial charge in [0.05, 0.1) is 14.1 Å². The van der Waals surface area contributed by atoms with Crippen molar-refractivity contribution in [2.24, 2.45) is 0 Å². The molecule has 0 radical (unpaired) electrons. The molecular weight excluding hydrogens is 442 g/mol. The normalized spacial score (nSPS) is 15.7. The van der Waals surface area contributed by atoms with Gasteiger partial charge < -0.3 is 5.32 Å². The van der Waals surface area contributed by atoms with E-state index in [-0.39, 0.29) is 11.9 Å². The lowest BCUT2D eigenvalue weighted by Crippen LogP contribution is -2.34. The van der Waals surface area contributed by atoms with Crippen LogP contribution in [0, 0.1) is 6.92 Å². The monoisotopic (exact) mass is 491 g/mol. The van der Waals surface area contributed by atoms with Gasteiger partial charge in [0.15, 0.2) is 0 Å². The Morgan fingerprint density at radius 2 is 1.46 bits per heavy atom. The molecule has 0 aliphatic carbocycles. The van der Waals surface area contributed by atoms with Crippen LogP contribution in [0.4, 0.5) is 0 Å². The Balaban J connectivity index is 1.48. The molecular formula is C32H49NOSi. The molecule has 1 heterocycles. The number of amides is 1. The quantitative estimate of drug-likeness (QED) is 0.184. The molecule has 192 valence electrons. The molecule has 35 heavy (non-hydrogen) atoms. The predicted molar refractivity (Wildman–Crippen MR) is 154 cm³/mol. The summed E-state index contributed by atoms with van der Waals surface area (Å²) in [7, 11) is -1.25. The van der Waals surface area contributed by atoms with Gasteiger partial charge in [0.25, 0.3) is 0 Å². The van der Waals surface area contributed by atoms with Crippen molar-refractivity contribution in [2.45, 2.75) is 121 Å². The van der Waals surface area contributed by atoms with Crippen molar-refractivity contribution in [3.8, 4) is 0 Å². The number of unbranched alkanes of at least 4 members (excludes halogenated alkanes) is 7. The van der Waals surface area contributed by atoms with E-state index in [2.05, 4.69) is 73.8 Å². The second-order valence-corrected chi connectivity index (χ2v) is 16.2. The highest BCUT2D eigenvalue weighted by Crippen LogP contribution is 2.39. The van der Waals surface area contributed by atoms with Crippen LogP contribution in [0.3, 0.4) is 0 Å². The Kier molecular flexibility index (Phi) is 12.1. The minimum Gasteiger partial charge on any atom is -0.349 e. The van der Waals surface area contributed by atoms with Crippen LogP contribution >= 0.6 is 0 Å². The van der Waals surface area contributed by atoms with E-state index in [9.17, 15) is 4.79 Å². The number of carbonyl (C=O) groups excluding carboxylic acids is 1. The van der Waals surface area contributed by atoms with Gasteiger partial charge in [-0.15, -0.1) is 0 Å². The largest absolute Gasteiger partial charge is 0.349 e. The van der Waals surface area contributed by atoms with Gasteiger partial charge in [-0.05, 0) is 30.5 Å². The lowest BCUT2D eigenvalue weighted by Gasteiger charge is -2.27. The van der Waals surface area contributed by atoms with Crippen LogP contribution in [-0.2, 0) is 11.2 Å². The molecule has 1 N–H and O–H groups in total. The summed E-state index contributed by atoms with van der Waals surface area (Å²) in [6.45, 7) is 4.41. The first-order valence-electron chi connectivity index (χ1n) is 14.5. The standard InChI is InChI=1S/C32H49NOSi/c1-3-4-5-6-7-8-9-13-23-35(24-14-15-25-35)26-22-32(34)33-31(30-16-11-10-12-17-30)27-29-20-18-28(2)19-21-29/h10-12,16-21,31H,3-9,13-15,22-27H2,1-2H3,(H,33,34). The molecule has 1 saturated heterocycles. The average molecular weight is 492 g/mol. The van der Waals surface area contributed by atoms with Gasteiger partial charge in [-0.2, -0.15) is 0 Å². The van der Waals surface area contributed by atoms with Gasteiger partial charge in [-0.1, -0.05) is 149 Å². The first kappa shape index (κ1) is 27.7. The molecule has 2 aromatic rings. The third kappa shape index (κ3) is 9.95. The van der Waals surface area contributed by atoms with E-state index in [0.717, 1.165) is 12.8 Å². The van der Waals surface area contributed by atoms with E-state index in [4.69, 9.17) is 0 Å². The summed E-state index contributed by atoms with van der Waals surface area (Å²) in [5, 5.41) is 3.42. The lowest BCUT2D eigenvalue weighted by atomic mass is 9.98. The van der Waals surface area contributed by atoms with Crippen LogP contribution in [0.1, 0.15) is 100 Å². The van der Waals surface area contributed by atoms with E-state index in [1.165, 1.54) is 105 Å². The minimum absolute atomic E-state index is 0.0420. The number of nitrogens with one attached hydrogen (secondary N) is 1. The van der Waals surface area contributed by atoms with Gasteiger partial charge in [-0.3, -0.25) is 4.79 Å². The fourth-order valence-electron chi connectivity index (χ4n) is 5.93. The summed E-state index contributed by atoms with van der Waals surface area (Å²) >= 11 is 0. The predicted octanol–water partition coefficient (Wildman–Crippen LogP) is 9.17. The molecule has 0 saturated carbocycles. The molecule has 1 unspecified atom stereocenters. The molecule has 1 amide bonds. The van der Waals surface area contributed by atoms with Gasteiger partial charge in [0.1, 0.15) is 0 Å². The summed E-state index contributed by atoms with van der Waals surface area (Å²) in [5.74, 6) is 0.251. The highest BCUT2D eigenvalue weighted by Gasteiger charge is 2.35. The van der Waals surface area contributed by atoms with Gasteiger partial charge in [0, 0.05) is 6.42 Å². The topological polar surface area (TPSA) is 29.1 Å². The first-order valence-corrected chi connectivity index (χ1v) is 17.3. The van der Waals surface area contributed by atoms with Crippen molar-refractivity contribution in [3.63, 3.8) is 0 Å². The number of rotatable bonds is 16. The van der Waals surface area contributed by atoms with E-state index in [1.807, 2.05) is 0 Å². The summed E-state index contributed by atoms with van der Waals surface area (Å²) in [5.41, 5.74) is 3.76. The molecule has 1 aliphatic rings. The van der Waals surface area contributed by atoms with Crippen molar-refractivity contribution in [1.29, 1.82) is 0 Å². The second kappa shape index (κ2) is 15.3. The van der Waals surface area contributed by atoms with Crippen molar-refractivity contribution in [3.05, 3.63) is 71.3 Å². The maximum absolute atomic E-state index is 13.2. The first-order chi connectivity index (χ1) is 17.1. The summed E-state index contributed by atoms with van der Waals surface area (Å²) in [4.78, 5) is 13.2. The number of hydrogen-bond acceptors (Lipinski definition) is 1. The Morgan fingerprint density at radius 3 is 2.11 bits per heavy atom. The van der Waals surface area contributed by atoms with E-state index in [0.29, 0.717) is 0 Å². The van der Waals surface area contributed by atoms with Crippen LogP contribution in [0.15, 0.2) is 54.6 Å². The smallest absolute Gasteiger partial charge is 0.220 e. The van der Waals surface area contributed by atoms with E-state index < -0.39 is 8.07 Å². The summed E-state index contributed by atoms with van der Waals surface area (Å²) in [6, 6.07) is 24.8. The van der Waals surface area contributed by atoms with E-state index >= 15 is 0 Å². The molecule has 3 heteroatoms. The van der Waals surface area contributed by atoms with Crippen molar-refractivity contribution >= 4 is 14.0 Å². The SMILES string of the molecule is CCCCCCCCCC[Si]1(CCC(=O)NC(Cc2ccc(C)cc2)c2ccccc2)CCCC1. The van der Waals surface area contributed by atoms with E-state index in [1.54, 1.807) is 0 Å². The zero-order chi connectivity index (χ0) is 24.8. The van der Waals surface area contributed by atoms with Crippen molar-refractivity contribution < 1.29 is 4.79 Å². The number of hydrogen-bond donors (Lipinski definition) is 1. The van der Waals surface area contributed by atoms with Gasteiger partial charge >= 0.3 is 0 Å². The Labute approximate surface area is 216 Å². The van der Waals surface area contributed by atoms with Crippen LogP contribution in [0.5, 0.6) is 0 Å². The van der Waals surface area contributed by atoms with Crippen LogP contribution in [-0.4, -0.2) is 14.0 Å². The third-order valence-corrected chi connectivity index (χ3v) is 13.8. The molecule has 1 aliphatic heterocycles. The molecule has 1 atom stereocenters.